The molecule has 4 nitrogen and oxygen atoms in total. The molecule has 2 aromatic heterocycles. The van der Waals surface area contributed by atoms with Crippen LogP contribution < -0.4 is 0 Å². The number of likely N-dealkylation sites (tertiary alicyclic amines) is 1. The van der Waals surface area contributed by atoms with Crippen molar-refractivity contribution in [3.8, 4) is 0 Å². The van der Waals surface area contributed by atoms with Crippen molar-refractivity contribution in [1.29, 1.82) is 0 Å². The van der Waals surface area contributed by atoms with Crippen molar-refractivity contribution in [2.24, 2.45) is 23.7 Å². The third-order valence-electron chi connectivity index (χ3n) is 15.8. The maximum atomic E-state index is 4.76. The molecule has 4 aliphatic heterocycles. The topological polar surface area (TPSA) is 29.0 Å². The van der Waals surface area contributed by atoms with Gasteiger partial charge in [0.15, 0.2) is 0 Å². The van der Waals surface area contributed by atoms with E-state index < -0.39 is 0 Å². The second kappa shape index (κ2) is 16.4. The molecule has 60 heavy (non-hydrogen) atoms. The second-order valence-corrected chi connectivity index (χ2v) is 18.9. The summed E-state index contributed by atoms with van der Waals surface area (Å²) >= 11 is 0. The molecule has 0 amide bonds. The van der Waals surface area contributed by atoms with E-state index in [0.29, 0.717) is 41.5 Å². The Labute approximate surface area is 357 Å². The normalized spacial score (nSPS) is 25.5. The molecular weight excluding hydrogens is 729 g/mol. The van der Waals surface area contributed by atoms with Gasteiger partial charge in [-0.15, -0.1) is 13.2 Å². The zero-order valence-electron chi connectivity index (χ0n) is 35.7. The van der Waals surface area contributed by atoms with Gasteiger partial charge in [0.2, 0.25) is 0 Å². The number of quaternary nitrogens is 1. The van der Waals surface area contributed by atoms with Crippen LogP contribution in [0, 0.1) is 23.7 Å². The van der Waals surface area contributed by atoms with Crippen LogP contribution in [0.1, 0.15) is 80.0 Å². The van der Waals surface area contributed by atoms with Crippen LogP contribution in [-0.4, -0.2) is 51.6 Å². The lowest BCUT2D eigenvalue weighted by atomic mass is 9.69. The molecule has 8 atom stereocenters. The number of hydrogen-bond acceptors (Lipinski definition) is 3. The lowest BCUT2D eigenvalue weighted by Crippen LogP contribution is -2.67. The van der Waals surface area contributed by atoms with Crippen LogP contribution in [0.15, 0.2) is 147 Å². The average molecular weight is 790 g/mol. The summed E-state index contributed by atoms with van der Waals surface area (Å²) in [7, 11) is 0. The number of fused-ring (bicyclic) bond motifs is 7. The predicted molar refractivity (Wildman–Crippen MR) is 252 cm³/mol. The van der Waals surface area contributed by atoms with Crippen LogP contribution in [0.3, 0.4) is 0 Å². The molecule has 0 N–H and O–H groups in total. The zero-order valence-corrected chi connectivity index (χ0v) is 35.7. The molecule has 4 fully saturated rings. The van der Waals surface area contributed by atoms with Crippen molar-refractivity contribution in [2.75, 3.05) is 26.2 Å². The van der Waals surface area contributed by atoms with E-state index in [2.05, 4.69) is 158 Å². The van der Waals surface area contributed by atoms with Gasteiger partial charge in [-0.2, -0.15) is 0 Å². The van der Waals surface area contributed by atoms with Gasteiger partial charge < -0.3 is 4.48 Å². The molecule has 11 rings (SSSR count). The molecule has 0 aliphatic carbocycles. The summed E-state index contributed by atoms with van der Waals surface area (Å²) in [4.78, 5) is 12.1. The van der Waals surface area contributed by atoms with Crippen molar-refractivity contribution in [2.45, 2.75) is 76.9 Å². The summed E-state index contributed by atoms with van der Waals surface area (Å²) < 4.78 is 1.13. The van der Waals surface area contributed by atoms with Crippen LogP contribution in [0.25, 0.3) is 43.4 Å². The number of hydrogen-bond donors (Lipinski definition) is 0. The van der Waals surface area contributed by atoms with E-state index in [1.165, 1.54) is 99.8 Å². The van der Waals surface area contributed by atoms with E-state index >= 15 is 0 Å². The minimum Gasteiger partial charge on any atom is -0.316 e. The monoisotopic (exact) mass is 789 g/mol. The minimum atomic E-state index is 0.419. The van der Waals surface area contributed by atoms with E-state index in [9.17, 15) is 0 Å². The zero-order chi connectivity index (χ0) is 40.8. The molecule has 6 heterocycles. The number of pyridine rings is 2. The third-order valence-corrected chi connectivity index (χ3v) is 15.8. The molecule has 4 heteroatoms. The highest BCUT2D eigenvalue weighted by molar-refractivity contribution is 6.05. The maximum Gasteiger partial charge on any atom is 0.106 e. The lowest BCUT2D eigenvalue weighted by Gasteiger charge is -2.59. The largest absolute Gasteiger partial charge is 0.316 e. The van der Waals surface area contributed by atoms with E-state index in [1.54, 1.807) is 0 Å². The smallest absolute Gasteiger partial charge is 0.106 e. The fourth-order valence-electron chi connectivity index (χ4n) is 12.6. The van der Waals surface area contributed by atoms with Gasteiger partial charge in [0.05, 0.1) is 30.2 Å². The Morgan fingerprint density at radius 2 is 1.25 bits per heavy atom. The first-order chi connectivity index (χ1) is 29.4. The van der Waals surface area contributed by atoms with Crippen molar-refractivity contribution in [3.63, 3.8) is 0 Å². The Balaban J connectivity index is 0.942. The van der Waals surface area contributed by atoms with Gasteiger partial charge in [-0.3, -0.25) is 14.9 Å². The van der Waals surface area contributed by atoms with Gasteiger partial charge in [-0.25, -0.2) is 0 Å². The van der Waals surface area contributed by atoms with Crippen molar-refractivity contribution in [1.82, 2.24) is 14.9 Å². The number of rotatable bonds is 12. The van der Waals surface area contributed by atoms with Gasteiger partial charge in [0, 0.05) is 66.5 Å². The number of para-hydroxylation sites is 2. The molecule has 6 unspecified atom stereocenters. The predicted octanol–water partition coefficient (Wildman–Crippen LogP) is 13.0. The van der Waals surface area contributed by atoms with Gasteiger partial charge in [-0.1, -0.05) is 111 Å². The van der Waals surface area contributed by atoms with Crippen molar-refractivity contribution in [3.05, 3.63) is 169 Å². The minimum absolute atomic E-state index is 0.419. The average Bonchev–Trinajstić information content (AvgIpc) is 3.31. The van der Waals surface area contributed by atoms with Gasteiger partial charge in [-0.05, 0) is 112 Å². The number of benzene rings is 5. The van der Waals surface area contributed by atoms with E-state index in [0.717, 1.165) is 41.7 Å². The van der Waals surface area contributed by atoms with Crippen molar-refractivity contribution < 1.29 is 4.48 Å². The Hall–Kier alpha value is -5.16. The molecule has 0 saturated carbocycles. The first-order valence-electron chi connectivity index (χ1n) is 22.9. The molecule has 5 aromatic carbocycles. The van der Waals surface area contributed by atoms with Crippen LogP contribution in [0.2, 0.25) is 0 Å². The van der Waals surface area contributed by atoms with Crippen LogP contribution in [-0.2, 0) is 13.1 Å². The van der Waals surface area contributed by atoms with Crippen molar-refractivity contribution >= 4 is 43.4 Å². The number of aromatic nitrogens is 2. The van der Waals surface area contributed by atoms with Crippen LogP contribution in [0.4, 0.5) is 0 Å². The first kappa shape index (κ1) is 39.0. The fourth-order valence-corrected chi connectivity index (χ4v) is 12.6. The Kier molecular flexibility index (Phi) is 10.6. The maximum absolute atomic E-state index is 4.76. The molecule has 0 radical (unpaired) electrons. The Bertz CT molecular complexity index is 2630. The fraction of sp³-hybridized carbons (Fsp3) is 0.357. The number of piperidine rings is 4. The molecule has 304 valence electrons. The second-order valence-electron chi connectivity index (χ2n) is 18.9. The molecule has 7 aromatic rings. The first-order valence-corrected chi connectivity index (χ1v) is 22.9. The summed E-state index contributed by atoms with van der Waals surface area (Å²) in [6, 6.07) is 41.2. The van der Waals surface area contributed by atoms with Gasteiger partial charge in [0.25, 0.3) is 0 Å². The third kappa shape index (κ3) is 6.96. The molecule has 4 saturated heterocycles. The molecule has 4 aliphatic rings. The summed E-state index contributed by atoms with van der Waals surface area (Å²) in [5, 5.41) is 8.34. The van der Waals surface area contributed by atoms with E-state index in [-0.39, 0.29) is 0 Å². The van der Waals surface area contributed by atoms with Crippen LogP contribution in [0.5, 0.6) is 0 Å². The summed E-state index contributed by atoms with van der Waals surface area (Å²) in [6.45, 7) is 20.3. The Morgan fingerprint density at radius 1 is 0.683 bits per heavy atom. The highest BCUT2D eigenvalue weighted by Gasteiger charge is 2.53. The highest BCUT2D eigenvalue weighted by atomic mass is 15.4. The summed E-state index contributed by atoms with van der Waals surface area (Å²) in [5.74, 6) is 3.34. The van der Waals surface area contributed by atoms with Crippen LogP contribution >= 0.6 is 0 Å². The van der Waals surface area contributed by atoms with E-state index in [4.69, 9.17) is 4.98 Å². The quantitative estimate of drug-likeness (QED) is 0.0701. The van der Waals surface area contributed by atoms with E-state index in [1.807, 2.05) is 12.4 Å². The molecular formula is C56H61N4+. The van der Waals surface area contributed by atoms with Gasteiger partial charge >= 0.3 is 0 Å². The van der Waals surface area contributed by atoms with Gasteiger partial charge in [0.1, 0.15) is 6.54 Å². The standard InChI is InChI=1S/C56H61N4/c1-5-40-34-59(31-27-42(40)24-23-38(3)44-25-29-57-54-21-13-11-19-50(44)54)35-52-46-15-7-9-17-48(46)53(49-18-10-8-16-47(49)52)37-60-32-28-43(41(6-2)36-60)33-56(60)39(4)45-26-30-58-55-22-14-12-20-51(45)55/h5-22,25-26,29-30,38-43,56H,1-2,23-24,27-28,31-37H2,3-4H3/q+1/t38?,39?,40-,41-,42?,43?,56?,60?/m0/s1. The summed E-state index contributed by atoms with van der Waals surface area (Å²) in [6.07, 6.45) is 14.7. The number of nitrogens with zero attached hydrogens (tertiary/aromatic N) is 4. The SMILES string of the molecule is C=C[C@H]1CN(Cc2c3ccccc3c(C[N+]34CCC(CC3C(C)c3ccnc5ccccc35)[C@@H](C=C)C4)c3ccccc23)CCC1CCC(C)c1ccnc2ccccc12. The Morgan fingerprint density at radius 3 is 1.88 bits per heavy atom. The lowest BCUT2D eigenvalue weighted by molar-refractivity contribution is -0.982. The summed E-state index contributed by atoms with van der Waals surface area (Å²) in [5.41, 5.74) is 8.10. The molecule has 2 bridgehead atoms. The molecule has 0 spiro atoms. The highest BCUT2D eigenvalue weighted by Crippen LogP contribution is 2.50.